The molecule has 2 heteroatoms. The summed E-state index contributed by atoms with van der Waals surface area (Å²) in [5, 5.41) is 12.5. The van der Waals surface area contributed by atoms with Gasteiger partial charge in [0.05, 0.1) is 6.10 Å². The monoisotopic (exact) mass is 171 g/mol. The van der Waals surface area contributed by atoms with Gasteiger partial charge in [0.25, 0.3) is 0 Å². The van der Waals surface area contributed by atoms with Crippen LogP contribution in [0.5, 0.6) is 0 Å². The molecule has 0 aliphatic heterocycles. The van der Waals surface area contributed by atoms with Crippen LogP contribution < -0.4 is 5.32 Å². The van der Waals surface area contributed by atoms with Crippen LogP contribution in [-0.2, 0) is 0 Å². The molecule has 0 aromatic carbocycles. The summed E-state index contributed by atoms with van der Waals surface area (Å²) in [5.74, 6) is 0.983. The number of aliphatic hydroxyl groups is 1. The molecule has 0 heterocycles. The van der Waals surface area contributed by atoms with Gasteiger partial charge in [0, 0.05) is 12.6 Å². The topological polar surface area (TPSA) is 32.3 Å². The largest absolute Gasteiger partial charge is 0.392 e. The van der Waals surface area contributed by atoms with Gasteiger partial charge in [0.2, 0.25) is 0 Å². The molecular formula is C10H21NO. The van der Waals surface area contributed by atoms with Crippen molar-refractivity contribution in [3.63, 3.8) is 0 Å². The van der Waals surface area contributed by atoms with Crippen LogP contribution in [0.4, 0.5) is 0 Å². The number of hydrogen-bond donors (Lipinski definition) is 2. The van der Waals surface area contributed by atoms with E-state index in [0.29, 0.717) is 6.04 Å². The van der Waals surface area contributed by atoms with Gasteiger partial charge in [-0.05, 0) is 25.7 Å². The van der Waals surface area contributed by atoms with Crippen LogP contribution in [-0.4, -0.2) is 23.8 Å². The number of aliphatic hydroxyl groups excluding tert-OH is 1. The van der Waals surface area contributed by atoms with Crippen molar-refractivity contribution in [2.45, 2.75) is 51.7 Å². The minimum atomic E-state index is -0.210. The quantitative estimate of drug-likeness (QED) is 0.635. The Balaban J connectivity index is 2.06. The Morgan fingerprint density at radius 3 is 2.58 bits per heavy atom. The highest BCUT2D eigenvalue weighted by molar-refractivity contribution is 4.79. The third-order valence-corrected chi connectivity index (χ3v) is 2.51. The Hall–Kier alpha value is -0.0800. The van der Waals surface area contributed by atoms with E-state index in [1.54, 1.807) is 0 Å². The molecule has 0 radical (unpaired) electrons. The van der Waals surface area contributed by atoms with Crippen LogP contribution >= 0.6 is 0 Å². The average molecular weight is 171 g/mol. The lowest BCUT2D eigenvalue weighted by atomic mass is 10.1. The van der Waals surface area contributed by atoms with Gasteiger partial charge < -0.3 is 10.4 Å². The summed E-state index contributed by atoms with van der Waals surface area (Å²) in [6.07, 6.45) is 5.13. The minimum absolute atomic E-state index is 0.210. The molecule has 2 nitrogen and oxygen atoms in total. The van der Waals surface area contributed by atoms with Gasteiger partial charge in [-0.1, -0.05) is 19.8 Å². The van der Waals surface area contributed by atoms with Gasteiger partial charge in [-0.2, -0.15) is 0 Å². The van der Waals surface area contributed by atoms with Crippen molar-refractivity contribution in [2.75, 3.05) is 6.54 Å². The van der Waals surface area contributed by atoms with E-state index < -0.39 is 0 Å². The Morgan fingerprint density at radius 2 is 2.17 bits per heavy atom. The fraction of sp³-hybridized carbons (Fsp3) is 1.00. The molecule has 2 N–H and O–H groups in total. The van der Waals surface area contributed by atoms with Crippen LogP contribution in [0.25, 0.3) is 0 Å². The van der Waals surface area contributed by atoms with E-state index in [4.69, 9.17) is 5.11 Å². The summed E-state index contributed by atoms with van der Waals surface area (Å²) in [6, 6.07) is 0.632. The highest BCUT2D eigenvalue weighted by Gasteiger charge is 2.24. The van der Waals surface area contributed by atoms with Crippen molar-refractivity contribution in [3.8, 4) is 0 Å². The zero-order valence-corrected chi connectivity index (χ0v) is 8.21. The summed E-state index contributed by atoms with van der Waals surface area (Å²) in [4.78, 5) is 0. The third-order valence-electron chi connectivity index (χ3n) is 2.51. The first kappa shape index (κ1) is 10.0. The van der Waals surface area contributed by atoms with Crippen molar-refractivity contribution >= 4 is 0 Å². The first-order chi connectivity index (χ1) is 5.72. The van der Waals surface area contributed by atoms with E-state index in [-0.39, 0.29) is 6.10 Å². The lowest BCUT2D eigenvalue weighted by molar-refractivity contribution is 0.184. The Kier molecular flexibility index (Phi) is 4.02. The van der Waals surface area contributed by atoms with Crippen molar-refractivity contribution < 1.29 is 5.11 Å². The van der Waals surface area contributed by atoms with E-state index in [1.807, 2.05) is 6.92 Å². The molecule has 2 atom stereocenters. The molecule has 1 aliphatic carbocycles. The van der Waals surface area contributed by atoms with E-state index in [1.165, 1.54) is 25.7 Å². The van der Waals surface area contributed by atoms with Gasteiger partial charge in [0.1, 0.15) is 0 Å². The molecule has 0 amide bonds. The van der Waals surface area contributed by atoms with E-state index in [9.17, 15) is 0 Å². The van der Waals surface area contributed by atoms with Gasteiger partial charge in [0.15, 0.2) is 0 Å². The standard InChI is InChI=1S/C10H21NO/c1-3-10(6-9-4-5-9)11-7-8(2)12/h8-12H,3-7H2,1-2H3. The SMILES string of the molecule is CCC(CC1CC1)NCC(C)O. The fourth-order valence-electron chi connectivity index (χ4n) is 1.49. The van der Waals surface area contributed by atoms with E-state index in [2.05, 4.69) is 12.2 Å². The number of nitrogens with one attached hydrogen (secondary N) is 1. The normalized spacial score (nSPS) is 22.2. The summed E-state index contributed by atoms with van der Waals surface area (Å²) in [7, 11) is 0. The Bertz CT molecular complexity index is 121. The third kappa shape index (κ3) is 4.07. The van der Waals surface area contributed by atoms with Crippen LogP contribution in [0.15, 0.2) is 0 Å². The lowest BCUT2D eigenvalue weighted by Crippen LogP contribution is -2.34. The second-order valence-corrected chi connectivity index (χ2v) is 4.04. The predicted molar refractivity (Wildman–Crippen MR) is 51.1 cm³/mol. The summed E-state index contributed by atoms with van der Waals surface area (Å²) >= 11 is 0. The van der Waals surface area contributed by atoms with Crippen LogP contribution in [0.3, 0.4) is 0 Å². The second kappa shape index (κ2) is 4.83. The maximum atomic E-state index is 9.08. The van der Waals surface area contributed by atoms with Crippen LogP contribution in [0, 0.1) is 5.92 Å². The molecule has 0 spiro atoms. The Morgan fingerprint density at radius 1 is 1.50 bits per heavy atom. The summed E-state index contributed by atoms with van der Waals surface area (Å²) < 4.78 is 0. The molecule has 1 fully saturated rings. The van der Waals surface area contributed by atoms with Gasteiger partial charge in [-0.15, -0.1) is 0 Å². The molecule has 0 saturated heterocycles. The van der Waals surface area contributed by atoms with Crippen molar-refractivity contribution in [1.29, 1.82) is 0 Å². The fourth-order valence-corrected chi connectivity index (χ4v) is 1.49. The first-order valence-corrected chi connectivity index (χ1v) is 5.13. The van der Waals surface area contributed by atoms with E-state index >= 15 is 0 Å². The molecular weight excluding hydrogens is 150 g/mol. The average Bonchev–Trinajstić information content (AvgIpc) is 2.81. The molecule has 0 aromatic rings. The predicted octanol–water partition coefficient (Wildman–Crippen LogP) is 1.54. The van der Waals surface area contributed by atoms with Crippen LogP contribution in [0.1, 0.15) is 39.5 Å². The molecule has 1 aliphatic rings. The van der Waals surface area contributed by atoms with Crippen molar-refractivity contribution in [2.24, 2.45) is 5.92 Å². The van der Waals surface area contributed by atoms with E-state index in [0.717, 1.165) is 12.5 Å². The molecule has 12 heavy (non-hydrogen) atoms. The maximum Gasteiger partial charge on any atom is 0.0636 e. The molecule has 2 unspecified atom stereocenters. The van der Waals surface area contributed by atoms with Crippen molar-refractivity contribution in [3.05, 3.63) is 0 Å². The Labute approximate surface area is 75.4 Å². The van der Waals surface area contributed by atoms with Gasteiger partial charge in [-0.3, -0.25) is 0 Å². The summed E-state index contributed by atoms with van der Waals surface area (Å²) in [6.45, 7) is 4.78. The number of hydrogen-bond acceptors (Lipinski definition) is 2. The molecule has 1 rings (SSSR count). The van der Waals surface area contributed by atoms with Crippen molar-refractivity contribution in [1.82, 2.24) is 5.32 Å². The highest BCUT2D eigenvalue weighted by atomic mass is 16.3. The zero-order chi connectivity index (χ0) is 8.97. The molecule has 0 aromatic heterocycles. The lowest BCUT2D eigenvalue weighted by Gasteiger charge is -2.17. The maximum absolute atomic E-state index is 9.08. The highest BCUT2D eigenvalue weighted by Crippen LogP contribution is 2.33. The van der Waals surface area contributed by atoms with Gasteiger partial charge >= 0.3 is 0 Å². The van der Waals surface area contributed by atoms with Gasteiger partial charge in [-0.25, -0.2) is 0 Å². The number of rotatable bonds is 6. The summed E-state index contributed by atoms with van der Waals surface area (Å²) in [5.41, 5.74) is 0. The minimum Gasteiger partial charge on any atom is -0.392 e. The molecule has 1 saturated carbocycles. The second-order valence-electron chi connectivity index (χ2n) is 4.04. The molecule has 0 bridgehead atoms. The zero-order valence-electron chi connectivity index (χ0n) is 8.21. The smallest absolute Gasteiger partial charge is 0.0636 e. The van der Waals surface area contributed by atoms with Crippen LogP contribution in [0.2, 0.25) is 0 Å². The first-order valence-electron chi connectivity index (χ1n) is 5.13. The molecule has 72 valence electrons.